The maximum Gasteiger partial charge on any atom is 0.307 e. The van der Waals surface area contributed by atoms with E-state index in [9.17, 15) is 4.79 Å². The maximum atomic E-state index is 11.0. The zero-order valence-corrected chi connectivity index (χ0v) is 12.0. The minimum absolute atomic E-state index is 0.0611. The lowest BCUT2D eigenvalue weighted by Crippen LogP contribution is -2.00. The lowest BCUT2D eigenvalue weighted by atomic mass is 9.89. The summed E-state index contributed by atoms with van der Waals surface area (Å²) in [6, 6.07) is 19.7. The number of allylic oxidation sites excluding steroid dienone is 2. The lowest BCUT2D eigenvalue weighted by Gasteiger charge is -2.15. The summed E-state index contributed by atoms with van der Waals surface area (Å²) < 4.78 is 0. The third-order valence-electron chi connectivity index (χ3n) is 3.36. The molecule has 0 saturated heterocycles. The van der Waals surface area contributed by atoms with Gasteiger partial charge in [-0.15, -0.1) is 0 Å². The molecule has 0 heterocycles. The predicted octanol–water partition coefficient (Wildman–Crippen LogP) is 4.65. The smallest absolute Gasteiger partial charge is 0.307 e. The zero-order chi connectivity index (χ0) is 15.2. The molecule has 0 amide bonds. The van der Waals surface area contributed by atoms with Crippen LogP contribution in [0.2, 0.25) is 0 Å². The number of hydrogen-bond donors (Lipinski definition) is 1. The van der Waals surface area contributed by atoms with Crippen LogP contribution in [0.3, 0.4) is 0 Å². The van der Waals surface area contributed by atoms with E-state index in [1.807, 2.05) is 67.6 Å². The number of carbonyl (C=O) groups is 1. The molecule has 0 aliphatic heterocycles. The van der Waals surface area contributed by atoms with Gasteiger partial charge in [0.05, 0.1) is 6.42 Å². The Morgan fingerprint density at radius 1 is 0.952 bits per heavy atom. The molecule has 0 radical (unpaired) electrons. The van der Waals surface area contributed by atoms with Crippen LogP contribution in [0.5, 0.6) is 0 Å². The van der Waals surface area contributed by atoms with Crippen LogP contribution in [0.15, 0.2) is 72.8 Å². The van der Waals surface area contributed by atoms with Crippen LogP contribution in [0, 0.1) is 0 Å². The second-order valence-corrected chi connectivity index (χ2v) is 4.91. The van der Waals surface area contributed by atoms with E-state index < -0.39 is 5.97 Å². The molecule has 2 aromatic rings. The van der Waals surface area contributed by atoms with Gasteiger partial charge in [-0.3, -0.25) is 4.79 Å². The topological polar surface area (TPSA) is 37.3 Å². The zero-order valence-electron chi connectivity index (χ0n) is 12.0. The molecule has 0 aliphatic carbocycles. The van der Waals surface area contributed by atoms with Gasteiger partial charge in [0.15, 0.2) is 0 Å². The first kappa shape index (κ1) is 14.8. The third-order valence-corrected chi connectivity index (χ3v) is 3.36. The van der Waals surface area contributed by atoms with Crippen LogP contribution in [0.25, 0.3) is 11.1 Å². The van der Waals surface area contributed by atoms with Crippen LogP contribution in [0.4, 0.5) is 0 Å². The van der Waals surface area contributed by atoms with Crippen molar-refractivity contribution in [3.05, 3.63) is 83.9 Å². The Morgan fingerprint density at radius 2 is 1.43 bits per heavy atom. The summed E-state index contributed by atoms with van der Waals surface area (Å²) in [7, 11) is 0. The summed E-state index contributed by atoms with van der Waals surface area (Å²) in [5, 5.41) is 9.05. The SMILES string of the molecule is C=C(CC(=O)O)/C(=C(\C)c1ccccc1)c1ccccc1. The minimum Gasteiger partial charge on any atom is -0.481 e. The Kier molecular flexibility index (Phi) is 4.72. The summed E-state index contributed by atoms with van der Waals surface area (Å²) in [6.45, 7) is 5.98. The highest BCUT2D eigenvalue weighted by Gasteiger charge is 2.13. The number of aliphatic carboxylic acids is 1. The fourth-order valence-corrected chi connectivity index (χ4v) is 2.39. The van der Waals surface area contributed by atoms with Crippen molar-refractivity contribution in [1.82, 2.24) is 0 Å². The average molecular weight is 278 g/mol. The van der Waals surface area contributed by atoms with Gasteiger partial charge in [0, 0.05) is 0 Å². The summed E-state index contributed by atoms with van der Waals surface area (Å²) in [6.07, 6.45) is -0.0611. The van der Waals surface area contributed by atoms with Crippen molar-refractivity contribution in [3.8, 4) is 0 Å². The highest BCUT2D eigenvalue weighted by atomic mass is 16.4. The van der Waals surface area contributed by atoms with Crippen LogP contribution >= 0.6 is 0 Å². The molecule has 2 nitrogen and oxygen atoms in total. The fraction of sp³-hybridized carbons (Fsp3) is 0.105. The van der Waals surface area contributed by atoms with Crippen molar-refractivity contribution in [2.45, 2.75) is 13.3 Å². The molecule has 0 aromatic heterocycles. The van der Waals surface area contributed by atoms with E-state index in [1.54, 1.807) is 0 Å². The molecule has 106 valence electrons. The third kappa shape index (κ3) is 3.69. The first-order chi connectivity index (χ1) is 10.1. The Labute approximate surface area is 125 Å². The van der Waals surface area contributed by atoms with Gasteiger partial charge in [0.2, 0.25) is 0 Å². The number of rotatable bonds is 5. The second kappa shape index (κ2) is 6.71. The average Bonchev–Trinajstić information content (AvgIpc) is 2.48. The molecule has 0 saturated carbocycles. The van der Waals surface area contributed by atoms with Crippen LogP contribution in [-0.4, -0.2) is 11.1 Å². The van der Waals surface area contributed by atoms with Crippen molar-refractivity contribution in [3.63, 3.8) is 0 Å². The quantitative estimate of drug-likeness (QED) is 0.638. The van der Waals surface area contributed by atoms with Crippen molar-refractivity contribution in [1.29, 1.82) is 0 Å². The maximum absolute atomic E-state index is 11.0. The Bertz CT molecular complexity index is 667. The Hall–Kier alpha value is -2.61. The summed E-state index contributed by atoms with van der Waals surface area (Å²) >= 11 is 0. The van der Waals surface area contributed by atoms with E-state index in [2.05, 4.69) is 6.58 Å². The molecule has 0 spiro atoms. The molecule has 0 unspecified atom stereocenters. The van der Waals surface area contributed by atoms with Crippen molar-refractivity contribution < 1.29 is 9.90 Å². The number of hydrogen-bond acceptors (Lipinski definition) is 1. The first-order valence-corrected chi connectivity index (χ1v) is 6.81. The monoisotopic (exact) mass is 278 g/mol. The Morgan fingerprint density at radius 3 is 1.90 bits per heavy atom. The van der Waals surface area contributed by atoms with Gasteiger partial charge in [0.25, 0.3) is 0 Å². The van der Waals surface area contributed by atoms with Gasteiger partial charge in [-0.05, 0) is 34.8 Å². The van der Waals surface area contributed by atoms with Crippen molar-refractivity contribution >= 4 is 17.1 Å². The van der Waals surface area contributed by atoms with E-state index in [1.165, 1.54) is 0 Å². The minimum atomic E-state index is -0.866. The van der Waals surface area contributed by atoms with Gasteiger partial charge >= 0.3 is 5.97 Å². The summed E-state index contributed by atoms with van der Waals surface area (Å²) in [5.41, 5.74) is 4.63. The standard InChI is InChI=1S/C19H18O2/c1-14(13-18(20)21)19(17-11-7-4-8-12-17)15(2)16-9-5-3-6-10-16/h3-12H,1,13H2,2H3,(H,20,21)/b19-15-. The van der Waals surface area contributed by atoms with E-state index >= 15 is 0 Å². The van der Waals surface area contributed by atoms with Crippen LogP contribution in [-0.2, 0) is 4.79 Å². The van der Waals surface area contributed by atoms with E-state index in [0.29, 0.717) is 5.57 Å². The van der Waals surface area contributed by atoms with E-state index in [4.69, 9.17) is 5.11 Å². The molecule has 0 fully saturated rings. The van der Waals surface area contributed by atoms with E-state index in [-0.39, 0.29) is 6.42 Å². The highest BCUT2D eigenvalue weighted by molar-refractivity contribution is 5.99. The number of carboxylic acids is 1. The van der Waals surface area contributed by atoms with Crippen molar-refractivity contribution in [2.24, 2.45) is 0 Å². The molecule has 0 atom stereocenters. The normalized spacial score (nSPS) is 11.7. The van der Waals surface area contributed by atoms with Gasteiger partial charge in [0.1, 0.15) is 0 Å². The molecule has 1 N–H and O–H groups in total. The fourth-order valence-electron chi connectivity index (χ4n) is 2.39. The van der Waals surface area contributed by atoms with Crippen LogP contribution in [0.1, 0.15) is 24.5 Å². The lowest BCUT2D eigenvalue weighted by molar-refractivity contribution is -0.136. The second-order valence-electron chi connectivity index (χ2n) is 4.91. The molecular formula is C19H18O2. The first-order valence-electron chi connectivity index (χ1n) is 6.81. The summed E-state index contributed by atoms with van der Waals surface area (Å²) in [4.78, 5) is 11.0. The number of carboxylic acid groups (broad SMARTS) is 1. The van der Waals surface area contributed by atoms with Gasteiger partial charge < -0.3 is 5.11 Å². The molecule has 2 aromatic carbocycles. The highest BCUT2D eigenvalue weighted by Crippen LogP contribution is 2.32. The molecule has 2 heteroatoms. The molecule has 21 heavy (non-hydrogen) atoms. The van der Waals surface area contributed by atoms with Gasteiger partial charge in [-0.2, -0.15) is 0 Å². The molecule has 0 bridgehead atoms. The Balaban J connectivity index is 2.55. The van der Waals surface area contributed by atoms with Gasteiger partial charge in [-0.1, -0.05) is 67.2 Å². The van der Waals surface area contributed by atoms with Gasteiger partial charge in [-0.25, -0.2) is 0 Å². The van der Waals surface area contributed by atoms with Crippen molar-refractivity contribution in [2.75, 3.05) is 0 Å². The molecular weight excluding hydrogens is 260 g/mol. The van der Waals surface area contributed by atoms with Crippen LogP contribution < -0.4 is 0 Å². The van der Waals surface area contributed by atoms with E-state index in [0.717, 1.165) is 22.3 Å². The largest absolute Gasteiger partial charge is 0.481 e. The molecule has 2 rings (SSSR count). The number of benzene rings is 2. The predicted molar refractivity (Wildman–Crippen MR) is 86.8 cm³/mol. The molecule has 0 aliphatic rings. The summed E-state index contributed by atoms with van der Waals surface area (Å²) in [5.74, 6) is -0.866.